The summed E-state index contributed by atoms with van der Waals surface area (Å²) in [6.45, 7) is 1.79. The van der Waals surface area contributed by atoms with Gasteiger partial charge in [0.25, 0.3) is 0 Å². The first-order chi connectivity index (χ1) is 9.03. The van der Waals surface area contributed by atoms with Gasteiger partial charge >= 0.3 is 0 Å². The number of aliphatic hydroxyl groups excluding tert-OH is 1. The summed E-state index contributed by atoms with van der Waals surface area (Å²) in [7, 11) is -3.55. The number of aliphatic hydroxyl groups is 1. The van der Waals surface area contributed by atoms with Crippen LogP contribution in [0, 0.1) is 6.92 Å². The van der Waals surface area contributed by atoms with Crippen LogP contribution in [0.15, 0.2) is 21.2 Å². The molecule has 0 amide bonds. The molecule has 0 spiro atoms. The van der Waals surface area contributed by atoms with Crippen molar-refractivity contribution >= 4 is 21.4 Å². The lowest BCUT2D eigenvalue weighted by Gasteiger charge is -2.02. The summed E-state index contributed by atoms with van der Waals surface area (Å²) in [4.78, 5) is 4.45. The highest BCUT2D eigenvalue weighted by atomic mass is 32.2. The number of nitrogens with one attached hydrogen (secondary N) is 1. The Hall–Kier alpha value is -1.29. The third-order valence-electron chi connectivity index (χ3n) is 2.45. The molecule has 2 N–H and O–H groups in total. The zero-order valence-electron chi connectivity index (χ0n) is 10.2. The van der Waals surface area contributed by atoms with Gasteiger partial charge in [-0.3, -0.25) is 0 Å². The van der Waals surface area contributed by atoms with Crippen molar-refractivity contribution in [2.45, 2.75) is 24.2 Å². The normalized spacial score (nSPS) is 11.9. The monoisotopic (exact) mass is 303 g/mol. The Morgan fingerprint density at radius 2 is 2.32 bits per heavy atom. The predicted molar refractivity (Wildman–Crippen MR) is 68.2 cm³/mol. The molecule has 0 saturated carbocycles. The Kier molecular flexibility index (Phi) is 4.30. The van der Waals surface area contributed by atoms with E-state index in [9.17, 15) is 8.42 Å². The molecule has 0 aliphatic rings. The summed E-state index contributed by atoms with van der Waals surface area (Å²) in [6.07, 6.45) is 1.55. The Morgan fingerprint density at radius 1 is 1.53 bits per heavy atom. The average Bonchev–Trinajstić information content (AvgIpc) is 2.98. The summed E-state index contributed by atoms with van der Waals surface area (Å²) in [5.74, 6) is 0.445. The number of aryl methyl sites for hydroxylation is 1. The molecule has 7 nitrogen and oxygen atoms in total. The second-order valence-corrected chi connectivity index (χ2v) is 6.96. The van der Waals surface area contributed by atoms with E-state index in [2.05, 4.69) is 19.4 Å². The third-order valence-corrected chi connectivity index (χ3v) is 5.61. The molecule has 0 radical (unpaired) electrons. The smallest absolute Gasteiger partial charge is 0.250 e. The predicted octanol–water partition coefficient (Wildman–Crippen LogP) is 0.453. The summed E-state index contributed by atoms with van der Waals surface area (Å²) in [5, 5.41) is 12.7. The van der Waals surface area contributed by atoms with Crippen LogP contribution in [-0.2, 0) is 23.1 Å². The van der Waals surface area contributed by atoms with Crippen molar-refractivity contribution in [2.24, 2.45) is 0 Å². The molecule has 0 unspecified atom stereocenters. The summed E-state index contributed by atoms with van der Waals surface area (Å²) >= 11 is 1.06. The molecule has 0 aromatic carbocycles. The van der Waals surface area contributed by atoms with Crippen LogP contribution in [0.25, 0.3) is 0 Å². The third kappa shape index (κ3) is 3.38. The molecular weight excluding hydrogens is 290 g/mol. The van der Waals surface area contributed by atoms with Crippen molar-refractivity contribution in [1.82, 2.24) is 14.9 Å². The van der Waals surface area contributed by atoms with Crippen LogP contribution in [0.1, 0.15) is 16.3 Å². The lowest BCUT2D eigenvalue weighted by Crippen LogP contribution is -2.25. The number of hydrogen-bond donors (Lipinski definition) is 2. The second-order valence-electron chi connectivity index (χ2n) is 3.82. The van der Waals surface area contributed by atoms with Gasteiger partial charge in [-0.1, -0.05) is 5.16 Å². The van der Waals surface area contributed by atoms with Gasteiger partial charge in [0, 0.05) is 17.8 Å². The molecule has 0 fully saturated rings. The first kappa shape index (κ1) is 14.1. The van der Waals surface area contributed by atoms with Crippen LogP contribution in [0.5, 0.6) is 0 Å². The number of thiophene rings is 1. The van der Waals surface area contributed by atoms with Gasteiger partial charge in [-0.15, -0.1) is 11.3 Å². The van der Waals surface area contributed by atoms with E-state index in [-0.39, 0.29) is 17.4 Å². The van der Waals surface area contributed by atoms with Gasteiger partial charge in [0.15, 0.2) is 5.82 Å². The Morgan fingerprint density at radius 3 is 2.89 bits per heavy atom. The summed E-state index contributed by atoms with van der Waals surface area (Å²) in [5.41, 5.74) is 0.769. The first-order valence-corrected chi connectivity index (χ1v) is 7.78. The standard InChI is InChI=1S/C10H13N3O4S2/c1-7-4-10(18-8(7)5-14)19(15,16)12-3-2-9-11-6-17-13-9/h4,6,12,14H,2-3,5H2,1H3. The van der Waals surface area contributed by atoms with Crippen LogP contribution < -0.4 is 4.72 Å². The topological polar surface area (TPSA) is 105 Å². The highest BCUT2D eigenvalue weighted by Crippen LogP contribution is 2.25. The molecule has 2 aromatic rings. The van der Waals surface area contributed by atoms with Crippen LogP contribution >= 0.6 is 11.3 Å². The highest BCUT2D eigenvalue weighted by molar-refractivity contribution is 7.91. The van der Waals surface area contributed by atoms with E-state index < -0.39 is 10.0 Å². The highest BCUT2D eigenvalue weighted by Gasteiger charge is 2.18. The van der Waals surface area contributed by atoms with E-state index in [0.29, 0.717) is 17.1 Å². The van der Waals surface area contributed by atoms with Crippen LogP contribution in [0.4, 0.5) is 0 Å². The molecule has 0 saturated heterocycles. The van der Waals surface area contributed by atoms with Gasteiger partial charge in [0.05, 0.1) is 6.61 Å². The molecule has 104 valence electrons. The van der Waals surface area contributed by atoms with E-state index in [1.165, 1.54) is 6.39 Å². The molecular formula is C10H13N3O4S2. The number of hydrogen-bond acceptors (Lipinski definition) is 7. The molecule has 0 aliphatic carbocycles. The molecule has 2 aromatic heterocycles. The maximum absolute atomic E-state index is 12.0. The van der Waals surface area contributed by atoms with Crippen molar-refractivity contribution < 1.29 is 18.0 Å². The van der Waals surface area contributed by atoms with E-state index in [0.717, 1.165) is 16.9 Å². The zero-order chi connectivity index (χ0) is 13.9. The number of sulfonamides is 1. The summed E-state index contributed by atoms with van der Waals surface area (Å²) < 4.78 is 31.2. The molecule has 2 heterocycles. The second kappa shape index (κ2) is 5.78. The Bertz CT molecular complexity index is 634. The lowest BCUT2D eigenvalue weighted by molar-refractivity contribution is 0.285. The van der Waals surface area contributed by atoms with Crippen molar-refractivity contribution in [3.63, 3.8) is 0 Å². The number of rotatable bonds is 6. The van der Waals surface area contributed by atoms with Gasteiger partial charge in [-0.25, -0.2) is 13.1 Å². The fourth-order valence-corrected chi connectivity index (χ4v) is 3.97. The van der Waals surface area contributed by atoms with Crippen LogP contribution in [0.3, 0.4) is 0 Å². The molecule has 0 aliphatic heterocycles. The number of nitrogens with zero attached hydrogens (tertiary/aromatic N) is 2. The minimum atomic E-state index is -3.55. The molecule has 19 heavy (non-hydrogen) atoms. The summed E-state index contributed by atoms with van der Waals surface area (Å²) in [6, 6.07) is 1.55. The van der Waals surface area contributed by atoms with Gasteiger partial charge in [0.1, 0.15) is 4.21 Å². The quantitative estimate of drug-likeness (QED) is 0.803. The van der Waals surface area contributed by atoms with Crippen LogP contribution in [0.2, 0.25) is 0 Å². The van der Waals surface area contributed by atoms with E-state index in [1.807, 2.05) is 0 Å². The van der Waals surface area contributed by atoms with E-state index in [4.69, 9.17) is 5.11 Å². The zero-order valence-corrected chi connectivity index (χ0v) is 11.8. The molecule has 2 rings (SSSR count). The minimum absolute atomic E-state index is 0.158. The first-order valence-electron chi connectivity index (χ1n) is 5.48. The van der Waals surface area contributed by atoms with Crippen LogP contribution in [-0.4, -0.2) is 30.2 Å². The lowest BCUT2D eigenvalue weighted by atomic mass is 10.3. The molecule has 9 heteroatoms. The fraction of sp³-hybridized carbons (Fsp3) is 0.400. The van der Waals surface area contributed by atoms with E-state index >= 15 is 0 Å². The maximum Gasteiger partial charge on any atom is 0.250 e. The molecule has 0 atom stereocenters. The van der Waals surface area contributed by atoms with Gasteiger partial charge < -0.3 is 9.63 Å². The van der Waals surface area contributed by atoms with Crippen molar-refractivity contribution in [2.75, 3.05) is 6.54 Å². The SMILES string of the molecule is Cc1cc(S(=O)(=O)NCCc2ncon2)sc1CO. The Balaban J connectivity index is 2.01. The van der Waals surface area contributed by atoms with Gasteiger partial charge in [-0.05, 0) is 18.6 Å². The van der Waals surface area contributed by atoms with Crippen molar-refractivity contribution in [3.8, 4) is 0 Å². The Labute approximate surface area is 114 Å². The average molecular weight is 303 g/mol. The fourth-order valence-electron chi connectivity index (χ4n) is 1.45. The van der Waals surface area contributed by atoms with Gasteiger partial charge in [0.2, 0.25) is 16.4 Å². The minimum Gasteiger partial charge on any atom is -0.391 e. The molecule has 0 bridgehead atoms. The number of aromatic nitrogens is 2. The largest absolute Gasteiger partial charge is 0.391 e. The van der Waals surface area contributed by atoms with Crippen molar-refractivity contribution in [1.29, 1.82) is 0 Å². The maximum atomic E-state index is 12.0. The van der Waals surface area contributed by atoms with Crippen molar-refractivity contribution in [3.05, 3.63) is 28.7 Å². The van der Waals surface area contributed by atoms with Gasteiger partial charge in [-0.2, -0.15) is 4.98 Å². The van der Waals surface area contributed by atoms with E-state index in [1.54, 1.807) is 13.0 Å².